The first kappa shape index (κ1) is 21.5. The van der Waals surface area contributed by atoms with Crippen LogP contribution < -0.4 is 5.32 Å². The van der Waals surface area contributed by atoms with Crippen LogP contribution in [0.15, 0.2) is 54.6 Å². The van der Waals surface area contributed by atoms with Gasteiger partial charge in [-0.1, -0.05) is 23.7 Å². The number of hydrogen-bond acceptors (Lipinski definition) is 5. The summed E-state index contributed by atoms with van der Waals surface area (Å²) in [4.78, 5) is 25.2. The number of esters is 1. The van der Waals surface area contributed by atoms with Crippen LogP contribution in [0.2, 0.25) is 5.02 Å². The van der Waals surface area contributed by atoms with Gasteiger partial charge in [-0.25, -0.2) is 9.18 Å². The van der Waals surface area contributed by atoms with Gasteiger partial charge in [-0.15, -0.1) is 0 Å². The van der Waals surface area contributed by atoms with Gasteiger partial charge in [0.2, 0.25) is 0 Å². The predicted molar refractivity (Wildman–Crippen MR) is 122 cm³/mol. The van der Waals surface area contributed by atoms with E-state index >= 15 is 0 Å². The van der Waals surface area contributed by atoms with E-state index in [-0.39, 0.29) is 16.8 Å². The second-order valence-corrected chi connectivity index (χ2v) is 7.57. The molecule has 8 heteroatoms. The number of rotatable bonds is 4. The molecule has 6 nitrogen and oxygen atoms in total. The molecule has 162 valence electrons. The summed E-state index contributed by atoms with van der Waals surface area (Å²) in [5.74, 6) is -1.73. The number of carbonyl (C=O) groups excluding carboxylic acids is 2. The predicted octanol–water partition coefficient (Wildman–Crippen LogP) is 5.32. The number of fused-ring (bicyclic) bond motifs is 1. The van der Waals surface area contributed by atoms with E-state index in [1.807, 2.05) is 6.07 Å². The van der Waals surface area contributed by atoms with E-state index < -0.39 is 17.7 Å². The highest BCUT2D eigenvalue weighted by Crippen LogP contribution is 2.33. The van der Waals surface area contributed by atoms with Gasteiger partial charge in [0.25, 0.3) is 5.91 Å². The molecule has 0 aliphatic rings. The molecule has 0 radical (unpaired) electrons. The van der Waals surface area contributed by atoms with Crippen molar-refractivity contribution in [2.75, 3.05) is 19.5 Å². The lowest BCUT2D eigenvalue weighted by molar-refractivity contribution is 0.0600. The Kier molecular flexibility index (Phi) is 5.67. The highest BCUT2D eigenvalue weighted by atomic mass is 35.5. The molecule has 3 aromatic carbocycles. The van der Waals surface area contributed by atoms with Gasteiger partial charge in [-0.2, -0.15) is 9.78 Å². The number of methoxy groups -OCH3 is 1. The van der Waals surface area contributed by atoms with Crippen molar-refractivity contribution in [1.29, 1.82) is 0 Å². The van der Waals surface area contributed by atoms with Crippen LogP contribution in [0, 0.1) is 12.7 Å². The van der Waals surface area contributed by atoms with Gasteiger partial charge in [-0.3, -0.25) is 4.79 Å². The normalized spacial score (nSPS) is 10.9. The van der Waals surface area contributed by atoms with Crippen LogP contribution in [0.1, 0.15) is 26.3 Å². The minimum Gasteiger partial charge on any atom is -0.465 e. The van der Waals surface area contributed by atoms with Crippen molar-refractivity contribution in [3.05, 3.63) is 82.1 Å². The maximum Gasteiger partial charge on any atom is 0.337 e. The van der Waals surface area contributed by atoms with Gasteiger partial charge < -0.3 is 10.1 Å². The van der Waals surface area contributed by atoms with Crippen LogP contribution in [-0.2, 0) is 4.74 Å². The van der Waals surface area contributed by atoms with Crippen molar-refractivity contribution in [3.63, 3.8) is 0 Å². The van der Waals surface area contributed by atoms with Gasteiger partial charge in [0, 0.05) is 23.7 Å². The van der Waals surface area contributed by atoms with E-state index in [1.165, 1.54) is 23.9 Å². The molecule has 1 heterocycles. The molecule has 4 aromatic rings. The van der Waals surface area contributed by atoms with Crippen molar-refractivity contribution in [3.8, 4) is 11.3 Å². The molecule has 4 rings (SSSR count). The molecule has 0 spiro atoms. The number of nitrogens with zero attached hydrogens (tertiary/aromatic N) is 2. The summed E-state index contributed by atoms with van der Waals surface area (Å²) in [6.45, 7) is 1.79. The monoisotopic (exact) mass is 451 g/mol. The third kappa shape index (κ3) is 3.61. The Morgan fingerprint density at radius 3 is 2.56 bits per heavy atom. The molecule has 0 aliphatic carbocycles. The fourth-order valence-electron chi connectivity index (χ4n) is 3.58. The van der Waals surface area contributed by atoms with E-state index in [9.17, 15) is 14.0 Å². The fraction of sp³-hybridized carbons (Fsp3) is 0.125. The summed E-state index contributed by atoms with van der Waals surface area (Å²) >= 11 is 6.32. The fourth-order valence-corrected chi connectivity index (χ4v) is 3.89. The highest BCUT2D eigenvalue weighted by Gasteiger charge is 2.23. The number of carbonyl (C=O) groups is 2. The van der Waals surface area contributed by atoms with Crippen molar-refractivity contribution >= 4 is 40.1 Å². The Balaban J connectivity index is 1.95. The lowest BCUT2D eigenvalue weighted by Crippen LogP contribution is -2.15. The smallest absolute Gasteiger partial charge is 0.337 e. The molecule has 0 saturated carbocycles. The number of halogens is 2. The first-order valence-electron chi connectivity index (χ1n) is 9.74. The van der Waals surface area contributed by atoms with Gasteiger partial charge in [0.05, 0.1) is 28.8 Å². The van der Waals surface area contributed by atoms with E-state index in [2.05, 4.69) is 15.2 Å². The number of benzene rings is 3. The molecular weight excluding hydrogens is 433 g/mol. The van der Waals surface area contributed by atoms with Gasteiger partial charge in [0.1, 0.15) is 11.5 Å². The summed E-state index contributed by atoms with van der Waals surface area (Å²) < 4.78 is 20.9. The number of nitrogens with one attached hydrogen (secondary N) is 1. The number of ether oxygens (including phenoxy) is 1. The van der Waals surface area contributed by atoms with Crippen LogP contribution in [0.5, 0.6) is 0 Å². The Hall–Kier alpha value is -3.71. The third-order valence-corrected chi connectivity index (χ3v) is 5.56. The molecule has 1 aromatic heterocycles. The zero-order valence-corrected chi connectivity index (χ0v) is 18.3. The van der Waals surface area contributed by atoms with E-state index in [4.69, 9.17) is 11.6 Å². The van der Waals surface area contributed by atoms with Gasteiger partial charge >= 0.3 is 5.97 Å². The van der Waals surface area contributed by atoms with E-state index in [0.717, 1.165) is 11.8 Å². The molecule has 0 atom stereocenters. The molecule has 0 amide bonds. The van der Waals surface area contributed by atoms with Crippen molar-refractivity contribution < 1.29 is 18.7 Å². The quantitative estimate of drug-likeness (QED) is 0.425. The van der Waals surface area contributed by atoms with Crippen LogP contribution in [0.3, 0.4) is 0 Å². The van der Waals surface area contributed by atoms with Crippen LogP contribution in [-0.4, -0.2) is 35.8 Å². The lowest BCUT2D eigenvalue weighted by Gasteiger charge is -2.08. The minimum atomic E-state index is -0.654. The van der Waals surface area contributed by atoms with Crippen molar-refractivity contribution in [2.24, 2.45) is 0 Å². The maximum atomic E-state index is 15.0. The topological polar surface area (TPSA) is 73.2 Å². The average molecular weight is 452 g/mol. The van der Waals surface area contributed by atoms with E-state index in [1.54, 1.807) is 44.3 Å². The maximum absolute atomic E-state index is 15.0. The number of aromatic nitrogens is 2. The van der Waals surface area contributed by atoms with E-state index in [0.29, 0.717) is 27.1 Å². The molecule has 1 N–H and O–H groups in total. The number of hydrogen-bond donors (Lipinski definition) is 1. The van der Waals surface area contributed by atoms with Crippen LogP contribution in [0.4, 0.5) is 10.1 Å². The second kappa shape index (κ2) is 8.43. The standard InChI is InChI=1S/C24H19ClFN3O3/c1-13-5-4-6-18(25)21(13)23(30)29-20-12-15(27-2)8-10-17(20)22(28-29)16-9-7-14(11-19(16)26)24(31)32-3/h4-12,27H,1-3H3. The molecular formula is C24H19ClFN3O3. The minimum absolute atomic E-state index is 0.0812. The zero-order chi connectivity index (χ0) is 23.0. The molecule has 0 aliphatic heterocycles. The number of anilines is 1. The molecule has 0 saturated heterocycles. The molecule has 32 heavy (non-hydrogen) atoms. The summed E-state index contributed by atoms with van der Waals surface area (Å²) in [6.07, 6.45) is 0. The molecule has 0 bridgehead atoms. The first-order chi connectivity index (χ1) is 15.3. The number of aryl methyl sites for hydroxylation is 1. The summed E-state index contributed by atoms with van der Waals surface area (Å²) in [5, 5.41) is 8.38. The second-order valence-electron chi connectivity index (χ2n) is 7.17. The zero-order valence-electron chi connectivity index (χ0n) is 17.6. The summed E-state index contributed by atoms with van der Waals surface area (Å²) in [5.41, 5.74) is 2.78. The van der Waals surface area contributed by atoms with Gasteiger partial charge in [0.15, 0.2) is 0 Å². The molecule has 0 fully saturated rings. The highest BCUT2D eigenvalue weighted by molar-refractivity contribution is 6.34. The average Bonchev–Trinajstić information content (AvgIpc) is 3.16. The van der Waals surface area contributed by atoms with Crippen molar-refractivity contribution in [2.45, 2.75) is 6.92 Å². The first-order valence-corrected chi connectivity index (χ1v) is 10.1. The third-order valence-electron chi connectivity index (χ3n) is 5.24. The Morgan fingerprint density at radius 2 is 1.91 bits per heavy atom. The van der Waals surface area contributed by atoms with Crippen molar-refractivity contribution in [1.82, 2.24) is 9.78 Å². The summed E-state index contributed by atoms with van der Waals surface area (Å²) in [6, 6.07) is 14.5. The molecule has 0 unspecified atom stereocenters. The SMILES string of the molecule is CNc1ccc2c(-c3ccc(C(=O)OC)cc3F)nn(C(=O)c3c(C)cccc3Cl)c2c1. The van der Waals surface area contributed by atoms with Crippen LogP contribution >= 0.6 is 11.6 Å². The Bertz CT molecular complexity index is 1360. The largest absolute Gasteiger partial charge is 0.465 e. The summed E-state index contributed by atoms with van der Waals surface area (Å²) in [7, 11) is 2.99. The Morgan fingerprint density at radius 1 is 1.12 bits per heavy atom. The van der Waals surface area contributed by atoms with Crippen LogP contribution in [0.25, 0.3) is 22.2 Å². The lowest BCUT2D eigenvalue weighted by atomic mass is 10.0. The van der Waals surface area contributed by atoms with Gasteiger partial charge in [-0.05, 0) is 55.0 Å². The Labute approximate surface area is 188 Å².